The second-order valence-corrected chi connectivity index (χ2v) is 5.97. The van der Waals surface area contributed by atoms with E-state index in [4.69, 9.17) is 0 Å². The Kier molecular flexibility index (Phi) is 6.80. The van der Waals surface area contributed by atoms with E-state index in [2.05, 4.69) is 27.2 Å². The first-order chi connectivity index (χ1) is 14.1. The lowest BCUT2D eigenvalue weighted by Gasteiger charge is -2.12. The molecule has 0 spiro atoms. The van der Waals surface area contributed by atoms with Crippen LogP contribution in [0.5, 0.6) is 5.75 Å². The zero-order chi connectivity index (χ0) is 20.5. The summed E-state index contributed by atoms with van der Waals surface area (Å²) >= 11 is 0. The summed E-state index contributed by atoms with van der Waals surface area (Å²) in [6.45, 7) is -3.01. The van der Waals surface area contributed by atoms with Crippen LogP contribution in [0.25, 0.3) is 0 Å². The Hall–Kier alpha value is -3.85. The van der Waals surface area contributed by atoms with Crippen LogP contribution < -0.4 is 15.4 Å². The number of ether oxygens (including phenoxy) is 1. The summed E-state index contributed by atoms with van der Waals surface area (Å²) in [6.07, 6.45) is 0. The Morgan fingerprint density at radius 2 is 1.59 bits per heavy atom. The van der Waals surface area contributed by atoms with Gasteiger partial charge in [-0.1, -0.05) is 48.2 Å². The molecule has 0 aromatic heterocycles. The first kappa shape index (κ1) is 19.9. The van der Waals surface area contributed by atoms with Crippen molar-refractivity contribution in [2.24, 2.45) is 0 Å². The first-order valence-electron chi connectivity index (χ1n) is 8.85. The molecule has 29 heavy (non-hydrogen) atoms. The number of carbonyl (C=O) groups is 1. The van der Waals surface area contributed by atoms with Gasteiger partial charge >= 0.3 is 6.61 Å². The van der Waals surface area contributed by atoms with Gasteiger partial charge in [-0.2, -0.15) is 8.78 Å². The zero-order valence-corrected chi connectivity index (χ0v) is 15.4. The molecule has 146 valence electrons. The Morgan fingerprint density at radius 3 is 2.38 bits per heavy atom. The topological polar surface area (TPSA) is 50.4 Å². The molecule has 3 aromatic carbocycles. The number of nitrogens with one attached hydrogen (secondary N) is 2. The van der Waals surface area contributed by atoms with Gasteiger partial charge in [0.15, 0.2) is 0 Å². The number of para-hydroxylation sites is 2. The van der Waals surface area contributed by atoms with Crippen molar-refractivity contribution >= 4 is 17.3 Å². The highest BCUT2D eigenvalue weighted by Gasteiger charge is 2.11. The lowest BCUT2D eigenvalue weighted by molar-refractivity contribution is -0.114. The third-order valence-electron chi connectivity index (χ3n) is 3.82. The summed E-state index contributed by atoms with van der Waals surface area (Å²) in [7, 11) is 0. The summed E-state index contributed by atoms with van der Waals surface area (Å²) in [6, 6.07) is 23.0. The molecule has 0 aliphatic carbocycles. The second-order valence-electron chi connectivity index (χ2n) is 5.97. The summed E-state index contributed by atoms with van der Waals surface area (Å²) in [5.41, 5.74) is 2.61. The van der Waals surface area contributed by atoms with Crippen molar-refractivity contribution in [3.05, 3.63) is 90.0 Å². The number of hydrogen-bond donors (Lipinski definition) is 2. The van der Waals surface area contributed by atoms with Crippen LogP contribution in [-0.4, -0.2) is 19.1 Å². The third-order valence-corrected chi connectivity index (χ3v) is 3.82. The Balaban J connectivity index is 1.59. The normalized spacial score (nSPS) is 10.0. The van der Waals surface area contributed by atoms with Crippen LogP contribution in [0.15, 0.2) is 78.9 Å². The van der Waals surface area contributed by atoms with Crippen molar-refractivity contribution < 1.29 is 18.3 Å². The molecule has 6 heteroatoms. The van der Waals surface area contributed by atoms with Gasteiger partial charge in [0.05, 0.1) is 12.2 Å². The van der Waals surface area contributed by atoms with Gasteiger partial charge in [0.25, 0.3) is 0 Å². The van der Waals surface area contributed by atoms with Crippen molar-refractivity contribution in [3.63, 3.8) is 0 Å². The van der Waals surface area contributed by atoms with Gasteiger partial charge in [0.2, 0.25) is 5.91 Å². The average molecular weight is 392 g/mol. The summed E-state index contributed by atoms with van der Waals surface area (Å²) < 4.78 is 29.3. The maximum Gasteiger partial charge on any atom is 0.387 e. The number of rotatable bonds is 6. The predicted octanol–water partition coefficient (Wildman–Crippen LogP) is 4.74. The van der Waals surface area contributed by atoms with Gasteiger partial charge in [0, 0.05) is 16.8 Å². The molecule has 0 atom stereocenters. The van der Waals surface area contributed by atoms with Crippen LogP contribution in [0.2, 0.25) is 0 Å². The number of amides is 1. The van der Waals surface area contributed by atoms with Gasteiger partial charge in [-0.3, -0.25) is 4.79 Å². The molecule has 0 saturated carbocycles. The molecule has 0 saturated heterocycles. The number of carbonyl (C=O) groups excluding carboxylic acids is 1. The minimum atomic E-state index is -2.97. The fraction of sp³-hybridized carbons (Fsp3) is 0.0870. The molecule has 3 aromatic rings. The smallest absolute Gasteiger partial charge is 0.387 e. The van der Waals surface area contributed by atoms with Gasteiger partial charge in [0.1, 0.15) is 5.75 Å². The van der Waals surface area contributed by atoms with Gasteiger partial charge < -0.3 is 15.4 Å². The minimum Gasteiger partial charge on any atom is -0.433 e. The lowest BCUT2D eigenvalue weighted by Crippen LogP contribution is -2.22. The lowest BCUT2D eigenvalue weighted by atomic mass is 10.1. The second kappa shape index (κ2) is 9.90. The summed E-state index contributed by atoms with van der Waals surface area (Å²) in [5.74, 6) is 5.67. The van der Waals surface area contributed by atoms with Crippen molar-refractivity contribution in [1.29, 1.82) is 0 Å². The molecule has 0 aliphatic heterocycles. The van der Waals surface area contributed by atoms with E-state index in [-0.39, 0.29) is 18.0 Å². The SMILES string of the molecule is O=C(CNc1cccc(C#Cc2ccccc2)c1)Nc1ccccc1OC(F)F. The average Bonchev–Trinajstić information content (AvgIpc) is 2.73. The molecule has 3 rings (SSSR count). The van der Waals surface area contributed by atoms with Crippen LogP contribution in [-0.2, 0) is 4.79 Å². The fourth-order valence-electron chi connectivity index (χ4n) is 2.52. The fourth-order valence-corrected chi connectivity index (χ4v) is 2.52. The molecule has 1 amide bonds. The molecule has 4 nitrogen and oxygen atoms in total. The van der Waals surface area contributed by atoms with E-state index >= 15 is 0 Å². The summed E-state index contributed by atoms with van der Waals surface area (Å²) in [5, 5.41) is 5.55. The van der Waals surface area contributed by atoms with E-state index in [1.165, 1.54) is 12.1 Å². The van der Waals surface area contributed by atoms with E-state index in [0.29, 0.717) is 0 Å². The molecule has 0 unspecified atom stereocenters. The number of halogens is 2. The maximum absolute atomic E-state index is 12.5. The van der Waals surface area contributed by atoms with Crippen molar-refractivity contribution in [2.45, 2.75) is 6.61 Å². The first-order valence-corrected chi connectivity index (χ1v) is 8.85. The molecule has 2 N–H and O–H groups in total. The summed E-state index contributed by atoms with van der Waals surface area (Å²) in [4.78, 5) is 12.2. The molecular formula is C23H18F2N2O2. The number of anilines is 2. The third kappa shape index (κ3) is 6.36. The van der Waals surface area contributed by atoms with Gasteiger partial charge in [-0.15, -0.1) is 0 Å². The molecule has 0 heterocycles. The highest BCUT2D eigenvalue weighted by molar-refractivity contribution is 5.95. The molecule has 0 radical (unpaired) electrons. The quantitative estimate of drug-likeness (QED) is 0.596. The highest BCUT2D eigenvalue weighted by Crippen LogP contribution is 2.25. The van der Waals surface area contributed by atoms with E-state index < -0.39 is 12.5 Å². The Bertz CT molecular complexity index is 1030. The van der Waals surface area contributed by atoms with Crippen molar-refractivity contribution in [2.75, 3.05) is 17.2 Å². The van der Waals surface area contributed by atoms with Crippen LogP contribution >= 0.6 is 0 Å². The molecule has 0 fully saturated rings. The van der Waals surface area contributed by atoms with E-state index in [1.54, 1.807) is 12.1 Å². The number of benzene rings is 3. The predicted molar refractivity (Wildman–Crippen MR) is 109 cm³/mol. The van der Waals surface area contributed by atoms with Crippen molar-refractivity contribution in [1.82, 2.24) is 0 Å². The van der Waals surface area contributed by atoms with Gasteiger partial charge in [-0.05, 0) is 42.5 Å². The van der Waals surface area contributed by atoms with E-state index in [1.807, 2.05) is 54.6 Å². The highest BCUT2D eigenvalue weighted by atomic mass is 19.3. The van der Waals surface area contributed by atoms with E-state index in [9.17, 15) is 13.6 Å². The largest absolute Gasteiger partial charge is 0.433 e. The zero-order valence-electron chi connectivity index (χ0n) is 15.4. The Labute approximate surface area is 167 Å². The number of hydrogen-bond acceptors (Lipinski definition) is 3. The van der Waals surface area contributed by atoms with Crippen LogP contribution in [0.1, 0.15) is 11.1 Å². The molecular weight excluding hydrogens is 374 g/mol. The van der Waals surface area contributed by atoms with Crippen LogP contribution in [0, 0.1) is 11.8 Å². The van der Waals surface area contributed by atoms with Gasteiger partial charge in [-0.25, -0.2) is 0 Å². The minimum absolute atomic E-state index is 0.0431. The van der Waals surface area contributed by atoms with Crippen LogP contribution in [0.4, 0.5) is 20.2 Å². The molecule has 0 aliphatic rings. The Morgan fingerprint density at radius 1 is 0.897 bits per heavy atom. The van der Waals surface area contributed by atoms with Crippen LogP contribution in [0.3, 0.4) is 0 Å². The monoisotopic (exact) mass is 392 g/mol. The maximum atomic E-state index is 12.5. The number of alkyl halides is 2. The van der Waals surface area contributed by atoms with Crippen molar-refractivity contribution in [3.8, 4) is 17.6 Å². The van der Waals surface area contributed by atoms with E-state index in [0.717, 1.165) is 16.8 Å². The molecule has 0 bridgehead atoms. The standard InChI is InChI=1S/C23H18F2N2O2/c24-23(25)29-21-12-5-4-11-20(21)27-22(28)16-26-19-10-6-9-18(15-19)14-13-17-7-2-1-3-8-17/h1-12,15,23,26H,16H2,(H,27,28).